The first-order valence-corrected chi connectivity index (χ1v) is 14.1. The van der Waals surface area contributed by atoms with Crippen molar-refractivity contribution >= 4 is 38.6 Å². The molecule has 2 aliphatic heterocycles. The molecular formula is C28H18O8P2. The molecule has 38 heavy (non-hydrogen) atoms. The minimum atomic E-state index is -2.72. The predicted molar refractivity (Wildman–Crippen MR) is 143 cm³/mol. The van der Waals surface area contributed by atoms with E-state index in [4.69, 9.17) is 18.5 Å². The van der Waals surface area contributed by atoms with Gasteiger partial charge in [0.2, 0.25) is 0 Å². The van der Waals surface area contributed by atoms with Crippen LogP contribution >= 0.6 is 16.1 Å². The molecule has 0 aromatic heterocycles. The highest BCUT2D eigenvalue weighted by Gasteiger charge is 2.28. The lowest BCUT2D eigenvalue weighted by molar-refractivity contribution is -0.131. The molecule has 10 heteroatoms. The van der Waals surface area contributed by atoms with Crippen LogP contribution in [0, 0.1) is 0 Å². The van der Waals surface area contributed by atoms with Crippen molar-refractivity contribution in [2.24, 2.45) is 0 Å². The SMILES string of the molecule is O=C(/C=C\C(=O)Oc1cccc2c1[PH](=O)Oc1ccccc1-2)Oc1cccc2c1[PH](=O)Oc1ccccc1-2. The first-order valence-electron chi connectivity index (χ1n) is 11.5. The van der Waals surface area contributed by atoms with Crippen molar-refractivity contribution in [1.82, 2.24) is 0 Å². The zero-order chi connectivity index (χ0) is 26.2. The van der Waals surface area contributed by atoms with Gasteiger partial charge in [-0.1, -0.05) is 60.7 Å². The molecule has 188 valence electrons. The fourth-order valence-corrected chi connectivity index (χ4v) is 6.89. The molecule has 2 aliphatic rings. The van der Waals surface area contributed by atoms with Crippen molar-refractivity contribution in [3.63, 3.8) is 0 Å². The summed E-state index contributed by atoms with van der Waals surface area (Å²) < 4.78 is 47.5. The highest BCUT2D eigenvalue weighted by molar-refractivity contribution is 7.50. The number of hydrogen-bond donors (Lipinski definition) is 0. The molecule has 4 aromatic rings. The van der Waals surface area contributed by atoms with Crippen LogP contribution in [-0.2, 0) is 18.7 Å². The molecule has 0 N–H and O–H groups in total. The molecule has 0 aliphatic carbocycles. The van der Waals surface area contributed by atoms with Crippen LogP contribution in [0.4, 0.5) is 0 Å². The van der Waals surface area contributed by atoms with Gasteiger partial charge in [-0.05, 0) is 24.3 Å². The lowest BCUT2D eigenvalue weighted by Gasteiger charge is -2.22. The summed E-state index contributed by atoms with van der Waals surface area (Å²) in [5, 5.41) is 0.587. The van der Waals surface area contributed by atoms with Gasteiger partial charge in [0, 0.05) is 34.4 Å². The van der Waals surface area contributed by atoms with Gasteiger partial charge in [0.25, 0.3) is 16.1 Å². The molecule has 8 nitrogen and oxygen atoms in total. The number of carbonyl (C=O) groups excluding carboxylic acids is 2. The summed E-state index contributed by atoms with van der Waals surface area (Å²) in [5.41, 5.74) is 2.77. The fraction of sp³-hybridized carbons (Fsp3) is 0. The third-order valence-corrected chi connectivity index (χ3v) is 8.66. The van der Waals surface area contributed by atoms with Crippen LogP contribution in [0.2, 0.25) is 0 Å². The summed E-state index contributed by atoms with van der Waals surface area (Å²) in [7, 11) is -5.45. The third kappa shape index (κ3) is 4.34. The van der Waals surface area contributed by atoms with E-state index in [1.54, 1.807) is 48.5 Å². The summed E-state index contributed by atoms with van der Waals surface area (Å²) in [6.07, 6.45) is 1.81. The van der Waals surface area contributed by atoms with Gasteiger partial charge in [0.15, 0.2) is 0 Å². The van der Waals surface area contributed by atoms with Gasteiger partial charge in [-0.25, -0.2) is 9.59 Å². The normalized spacial score (nSPS) is 16.6. The fourth-order valence-electron chi connectivity index (χ4n) is 4.38. The number of esters is 2. The number of hydrogen-bond acceptors (Lipinski definition) is 8. The van der Waals surface area contributed by atoms with Crippen LogP contribution < -0.4 is 29.1 Å². The average Bonchev–Trinajstić information content (AvgIpc) is 2.92. The smallest absolute Gasteiger partial charge is 0.336 e. The Morgan fingerprint density at radius 1 is 0.553 bits per heavy atom. The highest BCUT2D eigenvalue weighted by Crippen LogP contribution is 2.46. The molecule has 2 unspecified atom stereocenters. The van der Waals surface area contributed by atoms with Gasteiger partial charge in [-0.15, -0.1) is 0 Å². The lowest BCUT2D eigenvalue weighted by atomic mass is 10.0. The van der Waals surface area contributed by atoms with Crippen molar-refractivity contribution in [3.8, 4) is 45.3 Å². The van der Waals surface area contributed by atoms with E-state index in [1.165, 1.54) is 12.1 Å². The molecule has 0 saturated carbocycles. The Bertz CT molecular complexity index is 1580. The Balaban J connectivity index is 1.20. The zero-order valence-corrected chi connectivity index (χ0v) is 21.5. The van der Waals surface area contributed by atoms with E-state index in [1.807, 2.05) is 24.3 Å². The van der Waals surface area contributed by atoms with Gasteiger partial charge in [0.05, 0.1) is 10.6 Å². The Hall–Kier alpha value is -4.38. The minimum Gasteiger partial charge on any atom is -0.441 e. The van der Waals surface area contributed by atoms with Gasteiger partial charge < -0.3 is 18.5 Å². The Kier molecular flexibility index (Phi) is 6.20. The summed E-state index contributed by atoms with van der Waals surface area (Å²) in [6.45, 7) is 0. The van der Waals surface area contributed by atoms with Crippen molar-refractivity contribution in [2.75, 3.05) is 0 Å². The van der Waals surface area contributed by atoms with E-state index < -0.39 is 28.0 Å². The molecule has 0 fully saturated rings. The van der Waals surface area contributed by atoms with E-state index >= 15 is 0 Å². The zero-order valence-electron chi connectivity index (χ0n) is 19.5. The van der Waals surface area contributed by atoms with Crippen molar-refractivity contribution < 1.29 is 37.2 Å². The second kappa shape index (κ2) is 9.82. The molecule has 0 saturated heterocycles. The number of para-hydroxylation sites is 2. The second-order valence-corrected chi connectivity index (χ2v) is 10.9. The van der Waals surface area contributed by atoms with Crippen LogP contribution in [0.1, 0.15) is 0 Å². The number of rotatable bonds is 4. The van der Waals surface area contributed by atoms with Crippen LogP contribution in [-0.4, -0.2) is 11.9 Å². The molecule has 0 bridgehead atoms. The maximum atomic E-state index is 12.8. The van der Waals surface area contributed by atoms with Gasteiger partial charge in [-0.3, -0.25) is 9.13 Å². The summed E-state index contributed by atoms with van der Waals surface area (Å²) in [5.74, 6) is -0.593. The van der Waals surface area contributed by atoms with E-state index in [0.717, 1.165) is 23.3 Å². The molecule has 0 radical (unpaired) electrons. The van der Waals surface area contributed by atoms with E-state index in [0.29, 0.717) is 33.2 Å². The maximum Gasteiger partial charge on any atom is 0.336 e. The monoisotopic (exact) mass is 544 g/mol. The Morgan fingerprint density at radius 3 is 1.39 bits per heavy atom. The summed E-state index contributed by atoms with van der Waals surface area (Å²) >= 11 is 0. The number of carbonyl (C=O) groups is 2. The molecule has 0 amide bonds. The molecule has 2 heterocycles. The summed E-state index contributed by atoms with van der Waals surface area (Å²) in [4.78, 5) is 25.0. The van der Waals surface area contributed by atoms with Crippen molar-refractivity contribution in [3.05, 3.63) is 97.1 Å². The van der Waals surface area contributed by atoms with Crippen molar-refractivity contribution in [2.45, 2.75) is 0 Å². The Morgan fingerprint density at radius 2 is 0.947 bits per heavy atom. The first kappa shape index (κ1) is 24.0. The van der Waals surface area contributed by atoms with Crippen molar-refractivity contribution in [1.29, 1.82) is 0 Å². The minimum absolute atomic E-state index is 0.0791. The maximum absolute atomic E-state index is 12.8. The predicted octanol–water partition coefficient (Wildman–Crippen LogP) is 5.07. The largest absolute Gasteiger partial charge is 0.441 e. The molecular weight excluding hydrogens is 526 g/mol. The molecule has 2 atom stereocenters. The van der Waals surface area contributed by atoms with Crippen LogP contribution in [0.25, 0.3) is 22.3 Å². The van der Waals surface area contributed by atoms with E-state index in [9.17, 15) is 18.7 Å². The van der Waals surface area contributed by atoms with Crippen LogP contribution in [0.15, 0.2) is 97.1 Å². The molecule has 4 aromatic carbocycles. The van der Waals surface area contributed by atoms with Crippen LogP contribution in [0.5, 0.6) is 23.0 Å². The quantitative estimate of drug-likeness (QED) is 0.152. The van der Waals surface area contributed by atoms with E-state index in [-0.39, 0.29) is 11.5 Å². The van der Waals surface area contributed by atoms with E-state index in [2.05, 4.69) is 0 Å². The average molecular weight is 544 g/mol. The molecule has 6 rings (SSSR count). The number of fused-ring (bicyclic) bond motifs is 6. The topological polar surface area (TPSA) is 105 Å². The van der Waals surface area contributed by atoms with Gasteiger partial charge in [-0.2, -0.15) is 0 Å². The number of ether oxygens (including phenoxy) is 2. The first-order chi connectivity index (χ1) is 18.5. The van der Waals surface area contributed by atoms with Gasteiger partial charge in [0.1, 0.15) is 23.0 Å². The third-order valence-electron chi connectivity index (χ3n) is 6.00. The summed E-state index contributed by atoms with van der Waals surface area (Å²) in [6, 6.07) is 24.2. The lowest BCUT2D eigenvalue weighted by Crippen LogP contribution is -2.18. The molecule has 0 spiro atoms. The second-order valence-electron chi connectivity index (χ2n) is 8.30. The highest BCUT2D eigenvalue weighted by atomic mass is 31.1. The van der Waals surface area contributed by atoms with Gasteiger partial charge >= 0.3 is 11.9 Å². The number of benzene rings is 4. The Labute approximate surface area is 218 Å². The van der Waals surface area contributed by atoms with Crippen LogP contribution in [0.3, 0.4) is 0 Å². The standard InChI is InChI=1S/C28H18O8P2/c29-25(33-23-13-5-9-19-17-7-1-3-11-21(17)35-37(31)27(19)23)15-16-26(30)34-24-14-6-10-20-18-8-2-4-12-22(18)36-38(32)28(20)24/h1-16,37-38H/b16-15-.